The molecule has 1 fully saturated rings. The van der Waals surface area contributed by atoms with E-state index in [1.807, 2.05) is 32.6 Å². The van der Waals surface area contributed by atoms with Gasteiger partial charge in [0.1, 0.15) is 11.4 Å². The van der Waals surface area contributed by atoms with Gasteiger partial charge in [-0.25, -0.2) is 9.78 Å². The van der Waals surface area contributed by atoms with Crippen LogP contribution in [0.15, 0.2) is 41.0 Å². The number of benzene rings is 1. The molecular weight excluding hydrogens is 517 g/mol. The van der Waals surface area contributed by atoms with Gasteiger partial charge in [0.25, 0.3) is 5.91 Å². The van der Waals surface area contributed by atoms with Crippen LogP contribution in [0.25, 0.3) is 0 Å². The molecule has 1 aromatic heterocycles. The summed E-state index contributed by atoms with van der Waals surface area (Å²) in [5, 5.41) is 2.47. The summed E-state index contributed by atoms with van der Waals surface area (Å²) in [6.45, 7) is 8.88. The van der Waals surface area contributed by atoms with E-state index in [0.717, 1.165) is 6.07 Å². The maximum Gasteiger partial charge on any atom is 0.417 e. The number of halogens is 4. The molecule has 2 amide bonds. The predicted molar refractivity (Wildman–Crippen MR) is 126 cm³/mol. The molecule has 1 N–H and O–H groups in total. The van der Waals surface area contributed by atoms with Crippen molar-refractivity contribution in [2.75, 3.05) is 29.9 Å². The number of nitrogens with one attached hydrogen (secondary N) is 1. The maximum absolute atomic E-state index is 13.1. The normalized spacial score (nSPS) is 16.9. The number of amides is 2. The summed E-state index contributed by atoms with van der Waals surface area (Å²) in [5.74, 6) is 0.0631. The van der Waals surface area contributed by atoms with Gasteiger partial charge in [-0.2, -0.15) is 13.2 Å². The highest BCUT2D eigenvalue weighted by atomic mass is 79.9. The average Bonchev–Trinajstić information content (AvgIpc) is 2.73. The number of hydrogen-bond donors (Lipinski definition) is 1. The molecule has 3 rings (SSSR count). The molecule has 184 valence electrons. The van der Waals surface area contributed by atoms with Crippen molar-refractivity contribution in [2.45, 2.75) is 45.5 Å². The van der Waals surface area contributed by atoms with Gasteiger partial charge in [-0.3, -0.25) is 4.79 Å². The fourth-order valence-electron chi connectivity index (χ4n) is 3.50. The van der Waals surface area contributed by atoms with Gasteiger partial charge in [-0.1, -0.05) is 15.9 Å². The highest BCUT2D eigenvalue weighted by Gasteiger charge is 2.33. The quantitative estimate of drug-likeness (QED) is 0.549. The summed E-state index contributed by atoms with van der Waals surface area (Å²) in [7, 11) is 0. The van der Waals surface area contributed by atoms with Crippen molar-refractivity contribution in [3.05, 3.63) is 52.1 Å². The topological polar surface area (TPSA) is 74.8 Å². The molecule has 0 aliphatic carbocycles. The van der Waals surface area contributed by atoms with E-state index in [2.05, 4.69) is 26.2 Å². The van der Waals surface area contributed by atoms with Crippen LogP contribution in [0.4, 0.5) is 29.5 Å². The van der Waals surface area contributed by atoms with E-state index in [1.54, 1.807) is 17.0 Å². The summed E-state index contributed by atoms with van der Waals surface area (Å²) < 4.78 is 44.6. The second kappa shape index (κ2) is 9.81. The molecule has 11 heteroatoms. The summed E-state index contributed by atoms with van der Waals surface area (Å²) in [6.07, 6.45) is -3.53. The van der Waals surface area contributed by atoms with E-state index in [4.69, 9.17) is 4.74 Å². The number of aromatic nitrogens is 1. The largest absolute Gasteiger partial charge is 0.444 e. The lowest BCUT2D eigenvalue weighted by molar-refractivity contribution is -0.138. The predicted octanol–water partition coefficient (Wildman–Crippen LogP) is 5.56. The molecule has 2 aromatic rings. The third-order valence-electron chi connectivity index (χ3n) is 5.11. The van der Waals surface area contributed by atoms with E-state index in [1.165, 1.54) is 18.3 Å². The Morgan fingerprint density at radius 1 is 1.15 bits per heavy atom. The van der Waals surface area contributed by atoms with Crippen LogP contribution in [0.1, 0.15) is 43.6 Å². The average molecular weight is 543 g/mol. The van der Waals surface area contributed by atoms with Crippen molar-refractivity contribution >= 4 is 39.4 Å². The Morgan fingerprint density at radius 3 is 2.41 bits per heavy atom. The van der Waals surface area contributed by atoms with Crippen molar-refractivity contribution in [3.8, 4) is 0 Å². The molecule has 34 heavy (non-hydrogen) atoms. The number of hydrogen-bond acceptors (Lipinski definition) is 5. The van der Waals surface area contributed by atoms with Gasteiger partial charge >= 0.3 is 12.3 Å². The van der Waals surface area contributed by atoms with E-state index < -0.39 is 23.2 Å². The summed E-state index contributed by atoms with van der Waals surface area (Å²) >= 11 is 2.88. The number of pyridine rings is 1. The van der Waals surface area contributed by atoms with Gasteiger partial charge in [0.2, 0.25) is 0 Å². The summed E-state index contributed by atoms with van der Waals surface area (Å²) in [5.41, 5.74) is -1.21. The first-order valence-electron chi connectivity index (χ1n) is 10.6. The fraction of sp³-hybridized carbons (Fsp3) is 0.435. The Labute approximate surface area is 204 Å². The van der Waals surface area contributed by atoms with E-state index in [-0.39, 0.29) is 27.9 Å². The van der Waals surface area contributed by atoms with Crippen molar-refractivity contribution in [2.24, 2.45) is 0 Å². The minimum absolute atomic E-state index is 0.0245. The first kappa shape index (κ1) is 25.8. The van der Waals surface area contributed by atoms with Crippen LogP contribution >= 0.6 is 15.9 Å². The van der Waals surface area contributed by atoms with Crippen LogP contribution < -0.4 is 10.2 Å². The van der Waals surface area contributed by atoms with Crippen molar-refractivity contribution in [1.29, 1.82) is 0 Å². The van der Waals surface area contributed by atoms with E-state index >= 15 is 0 Å². The Morgan fingerprint density at radius 2 is 1.85 bits per heavy atom. The fourth-order valence-corrected chi connectivity index (χ4v) is 3.98. The van der Waals surface area contributed by atoms with Crippen LogP contribution in [-0.4, -0.2) is 53.2 Å². The Bertz CT molecular complexity index is 1050. The molecule has 2 heterocycles. The second-order valence-electron chi connectivity index (χ2n) is 9.02. The van der Waals surface area contributed by atoms with Crippen LogP contribution in [0.3, 0.4) is 0 Å². The zero-order valence-electron chi connectivity index (χ0n) is 19.2. The SMILES string of the molecule is C[C@@H]1CN(C(=O)OC(C)(C)C)CCN1c1ccc(C(=O)Nc2ccc(Br)c(C(F)(F)F)c2)cn1. The first-order valence-corrected chi connectivity index (χ1v) is 11.4. The molecule has 0 radical (unpaired) electrons. The number of anilines is 2. The monoisotopic (exact) mass is 542 g/mol. The molecule has 0 unspecified atom stereocenters. The Balaban J connectivity index is 1.64. The summed E-state index contributed by atoms with van der Waals surface area (Å²) in [4.78, 5) is 32.9. The molecule has 1 atom stereocenters. The maximum atomic E-state index is 13.1. The lowest BCUT2D eigenvalue weighted by Gasteiger charge is -2.40. The standard InChI is InChI=1S/C23H26BrF3N4O3/c1-14-13-30(21(33)34-22(2,3)4)9-10-31(14)19-8-5-15(12-28-19)20(32)29-16-6-7-18(24)17(11-16)23(25,26)27/h5-8,11-12,14H,9-10,13H2,1-4H3,(H,29,32)/t14-/m1/s1. The van der Waals surface area contributed by atoms with E-state index in [9.17, 15) is 22.8 Å². The number of carbonyl (C=O) groups is 2. The van der Waals surface area contributed by atoms with Crippen molar-refractivity contribution in [1.82, 2.24) is 9.88 Å². The Kier molecular flexibility index (Phi) is 7.44. The second-order valence-corrected chi connectivity index (χ2v) is 9.87. The van der Waals surface area contributed by atoms with Crippen molar-refractivity contribution < 1.29 is 27.5 Å². The van der Waals surface area contributed by atoms with Crippen LogP contribution in [0.5, 0.6) is 0 Å². The summed E-state index contributed by atoms with van der Waals surface area (Å²) in [6, 6.07) is 6.70. The molecule has 0 spiro atoms. The molecule has 7 nitrogen and oxygen atoms in total. The molecule has 1 aromatic carbocycles. The highest BCUT2D eigenvalue weighted by molar-refractivity contribution is 9.10. The van der Waals surface area contributed by atoms with Gasteiger partial charge in [-0.15, -0.1) is 0 Å². The number of alkyl halides is 3. The van der Waals surface area contributed by atoms with Gasteiger partial charge < -0.3 is 19.9 Å². The first-order chi connectivity index (χ1) is 15.7. The highest BCUT2D eigenvalue weighted by Crippen LogP contribution is 2.36. The number of nitrogens with zero attached hydrogens (tertiary/aromatic N) is 3. The lowest BCUT2D eigenvalue weighted by atomic mass is 10.1. The number of rotatable bonds is 3. The molecule has 0 saturated carbocycles. The van der Waals surface area contributed by atoms with Gasteiger partial charge in [-0.05, 0) is 58.0 Å². The number of piperazine rings is 1. The Hall–Kier alpha value is -2.82. The van der Waals surface area contributed by atoms with Crippen LogP contribution in [-0.2, 0) is 10.9 Å². The minimum Gasteiger partial charge on any atom is -0.444 e. The number of ether oxygens (including phenoxy) is 1. The lowest BCUT2D eigenvalue weighted by Crippen LogP contribution is -2.54. The van der Waals surface area contributed by atoms with Crippen LogP contribution in [0.2, 0.25) is 0 Å². The van der Waals surface area contributed by atoms with Gasteiger partial charge in [0, 0.05) is 42.0 Å². The molecule has 1 aliphatic rings. The molecule has 1 aliphatic heterocycles. The number of carbonyl (C=O) groups excluding carboxylic acids is 2. The third-order valence-corrected chi connectivity index (χ3v) is 5.80. The van der Waals surface area contributed by atoms with Gasteiger partial charge in [0.05, 0.1) is 11.1 Å². The zero-order valence-corrected chi connectivity index (χ0v) is 20.8. The van der Waals surface area contributed by atoms with Gasteiger partial charge in [0.15, 0.2) is 0 Å². The molecule has 0 bridgehead atoms. The van der Waals surface area contributed by atoms with E-state index in [0.29, 0.717) is 25.5 Å². The van der Waals surface area contributed by atoms with Crippen molar-refractivity contribution in [3.63, 3.8) is 0 Å². The smallest absolute Gasteiger partial charge is 0.417 e. The van der Waals surface area contributed by atoms with Crippen LogP contribution in [0, 0.1) is 0 Å². The third kappa shape index (κ3) is 6.40. The molecule has 1 saturated heterocycles. The molecular formula is C23H26BrF3N4O3. The minimum atomic E-state index is -4.55. The zero-order chi connectivity index (χ0) is 25.3.